The monoisotopic (exact) mass is 836 g/mol. The molecule has 1 unspecified atom stereocenters. The maximum Gasteiger partial charge on any atom is 0.160 e. The van der Waals surface area contributed by atoms with Gasteiger partial charge in [-0.1, -0.05) is 158 Å². The fourth-order valence-electron chi connectivity index (χ4n) is 9.96. The summed E-state index contributed by atoms with van der Waals surface area (Å²) in [6.45, 7) is 4.73. The van der Waals surface area contributed by atoms with Crippen LogP contribution in [0.25, 0.3) is 113 Å². The molecule has 0 amide bonds. The van der Waals surface area contributed by atoms with E-state index in [-0.39, 0.29) is 5.92 Å². The van der Waals surface area contributed by atoms with E-state index < -0.39 is 0 Å². The largest absolute Gasteiger partial charge is 0.228 e. The Morgan fingerprint density at radius 1 is 0.397 bits per heavy atom. The van der Waals surface area contributed by atoms with E-state index in [1.165, 1.54) is 78.9 Å². The van der Waals surface area contributed by atoms with Crippen LogP contribution in [0.5, 0.6) is 0 Å². The van der Waals surface area contributed by atoms with Crippen molar-refractivity contribution in [3.8, 4) is 56.2 Å². The zero-order valence-corrected chi connectivity index (χ0v) is 35.7. The molecule has 0 spiro atoms. The van der Waals surface area contributed by atoms with E-state index in [1.54, 1.807) is 0 Å². The van der Waals surface area contributed by atoms with E-state index in [2.05, 4.69) is 200 Å². The molecule has 0 radical (unpaired) electrons. The molecule has 0 saturated heterocycles. The summed E-state index contributed by atoms with van der Waals surface area (Å²) in [6, 6.07) is 72.8. The van der Waals surface area contributed by atoms with Crippen molar-refractivity contribution in [2.24, 2.45) is 0 Å². The Bertz CT molecular complexity index is 3820. The van der Waals surface area contributed by atoms with Gasteiger partial charge in [-0.05, 0) is 104 Å². The third-order valence-electron chi connectivity index (χ3n) is 12.9. The highest BCUT2D eigenvalue weighted by Gasteiger charge is 2.31. The van der Waals surface area contributed by atoms with E-state index in [0.29, 0.717) is 5.82 Å². The first-order valence-corrected chi connectivity index (χ1v) is 23.0. The SMILES string of the molecule is C=C1c2ccccc2-c2c(ccc3sc4ccc(-c5cc6ccccc6cc5-c5cc(-c6ccccc6)nc(-c6ccc7c(c6)sc6ccccc67)n5)cc4c23)C1c1ccccc1. The highest BCUT2D eigenvalue weighted by Crippen LogP contribution is 2.54. The number of hydrogen-bond donors (Lipinski definition) is 0. The van der Waals surface area contributed by atoms with Gasteiger partial charge in [-0.2, -0.15) is 0 Å². The fourth-order valence-corrected chi connectivity index (χ4v) is 12.2. The van der Waals surface area contributed by atoms with E-state index in [0.717, 1.165) is 44.8 Å². The average Bonchev–Trinajstić information content (AvgIpc) is 3.92. The van der Waals surface area contributed by atoms with Gasteiger partial charge in [0.1, 0.15) is 0 Å². The first kappa shape index (κ1) is 36.2. The maximum absolute atomic E-state index is 5.47. The predicted molar refractivity (Wildman–Crippen MR) is 270 cm³/mol. The summed E-state index contributed by atoms with van der Waals surface area (Å²) < 4.78 is 5.08. The van der Waals surface area contributed by atoms with Crippen LogP contribution >= 0.6 is 22.7 Å². The number of benzene rings is 9. The number of allylic oxidation sites excluding steroid dienone is 1. The van der Waals surface area contributed by atoms with Gasteiger partial charge in [-0.25, -0.2) is 9.97 Å². The average molecular weight is 837 g/mol. The molecule has 2 nitrogen and oxygen atoms in total. The molecule has 294 valence electrons. The summed E-state index contributed by atoms with van der Waals surface area (Å²) in [4.78, 5) is 10.7. The molecule has 1 atom stereocenters. The van der Waals surface area contributed by atoms with Crippen LogP contribution in [0.1, 0.15) is 22.6 Å². The summed E-state index contributed by atoms with van der Waals surface area (Å²) in [5.41, 5.74) is 14.7. The summed E-state index contributed by atoms with van der Waals surface area (Å²) in [7, 11) is 0. The van der Waals surface area contributed by atoms with Crippen LogP contribution in [-0.2, 0) is 0 Å². The number of aromatic nitrogens is 2. The van der Waals surface area contributed by atoms with Crippen LogP contribution in [-0.4, -0.2) is 9.97 Å². The molecule has 0 bridgehead atoms. The summed E-state index contributed by atoms with van der Waals surface area (Å²) in [6.07, 6.45) is 0. The Kier molecular flexibility index (Phi) is 8.20. The molecule has 63 heavy (non-hydrogen) atoms. The van der Waals surface area contributed by atoms with Gasteiger partial charge in [-0.15, -0.1) is 22.7 Å². The van der Waals surface area contributed by atoms with Crippen LogP contribution < -0.4 is 0 Å². The molecule has 1 aliphatic carbocycles. The molecule has 4 heteroatoms. The second kappa shape index (κ2) is 14.3. The Morgan fingerprint density at radius 3 is 1.87 bits per heavy atom. The molecule has 0 saturated carbocycles. The van der Waals surface area contributed by atoms with E-state index in [9.17, 15) is 0 Å². The van der Waals surface area contributed by atoms with E-state index >= 15 is 0 Å². The van der Waals surface area contributed by atoms with Gasteiger partial charge in [-0.3, -0.25) is 0 Å². The van der Waals surface area contributed by atoms with Crippen molar-refractivity contribution < 1.29 is 0 Å². The molecule has 3 aromatic heterocycles. The lowest BCUT2D eigenvalue weighted by atomic mass is 9.72. The van der Waals surface area contributed by atoms with Gasteiger partial charge >= 0.3 is 0 Å². The molecule has 0 fully saturated rings. The molecular formula is C59H36N2S2. The summed E-state index contributed by atoms with van der Waals surface area (Å²) in [5.74, 6) is 0.778. The normalized spacial score (nSPS) is 13.6. The third kappa shape index (κ3) is 5.83. The predicted octanol–water partition coefficient (Wildman–Crippen LogP) is 16.9. The smallest absolute Gasteiger partial charge is 0.160 e. The van der Waals surface area contributed by atoms with Gasteiger partial charge in [0.25, 0.3) is 0 Å². The second-order valence-electron chi connectivity index (χ2n) is 16.5. The minimum atomic E-state index is 0.0658. The highest BCUT2D eigenvalue weighted by molar-refractivity contribution is 7.26. The van der Waals surface area contributed by atoms with Crippen LogP contribution in [0.3, 0.4) is 0 Å². The number of fused-ring (bicyclic) bond motifs is 11. The van der Waals surface area contributed by atoms with Crippen molar-refractivity contribution in [3.05, 3.63) is 223 Å². The van der Waals surface area contributed by atoms with Crippen LogP contribution in [0, 0.1) is 0 Å². The van der Waals surface area contributed by atoms with Crippen molar-refractivity contribution >= 4 is 79.4 Å². The summed E-state index contributed by atoms with van der Waals surface area (Å²) in [5, 5.41) is 7.48. The second-order valence-corrected chi connectivity index (χ2v) is 18.7. The van der Waals surface area contributed by atoms with Gasteiger partial charge in [0.2, 0.25) is 0 Å². The quantitative estimate of drug-likeness (QED) is 0.173. The Balaban J connectivity index is 1.05. The van der Waals surface area contributed by atoms with Crippen LogP contribution in [0.2, 0.25) is 0 Å². The minimum Gasteiger partial charge on any atom is -0.228 e. The zero-order valence-electron chi connectivity index (χ0n) is 34.0. The van der Waals surface area contributed by atoms with Gasteiger partial charge in [0.05, 0.1) is 11.4 Å². The zero-order chi connectivity index (χ0) is 41.6. The van der Waals surface area contributed by atoms with E-state index in [1.807, 2.05) is 22.7 Å². The number of hydrogen-bond acceptors (Lipinski definition) is 4. The molecule has 0 aliphatic heterocycles. The standard InChI is InChI=1S/C59H36N2S2/c1-35-42-20-10-11-22-45(42)57-46(56(35)37-16-6-3-7-17-37)27-29-54-58(57)49-32-40(25-28-53(49)62-54)47-30-38-18-8-9-19-39(38)31-48(47)51-34-50(36-14-4-2-5-15-36)60-59(61-51)41-24-26-44-43-21-12-13-23-52(43)63-55(44)33-41/h2-34,56H,1H2. The molecular weight excluding hydrogens is 801 g/mol. The lowest BCUT2D eigenvalue weighted by molar-refractivity contribution is 1.04. The first-order chi connectivity index (χ1) is 31.1. The molecule has 12 aromatic rings. The molecule has 13 rings (SSSR count). The molecule has 1 aliphatic rings. The van der Waals surface area contributed by atoms with Crippen molar-refractivity contribution in [1.29, 1.82) is 0 Å². The first-order valence-electron chi connectivity index (χ1n) is 21.4. The van der Waals surface area contributed by atoms with E-state index in [4.69, 9.17) is 16.5 Å². The Hall–Kier alpha value is -7.50. The molecule has 3 heterocycles. The topological polar surface area (TPSA) is 25.8 Å². The number of rotatable bonds is 5. The maximum atomic E-state index is 5.47. The summed E-state index contributed by atoms with van der Waals surface area (Å²) >= 11 is 3.69. The van der Waals surface area contributed by atoms with Crippen LogP contribution in [0.4, 0.5) is 0 Å². The highest BCUT2D eigenvalue weighted by atomic mass is 32.1. The number of thiophene rings is 2. The molecule has 0 N–H and O–H groups in total. The Morgan fingerprint density at radius 2 is 1.03 bits per heavy atom. The van der Waals surface area contributed by atoms with Crippen molar-refractivity contribution in [3.63, 3.8) is 0 Å². The van der Waals surface area contributed by atoms with Crippen LogP contribution in [0.15, 0.2) is 207 Å². The van der Waals surface area contributed by atoms with Crippen molar-refractivity contribution in [2.45, 2.75) is 5.92 Å². The van der Waals surface area contributed by atoms with Gasteiger partial charge < -0.3 is 0 Å². The lowest BCUT2D eigenvalue weighted by Crippen LogP contribution is -2.11. The lowest BCUT2D eigenvalue weighted by Gasteiger charge is -2.31. The van der Waals surface area contributed by atoms with Crippen molar-refractivity contribution in [1.82, 2.24) is 9.97 Å². The Labute approximate surface area is 372 Å². The minimum absolute atomic E-state index is 0.0658. The van der Waals surface area contributed by atoms with Gasteiger partial charge in [0, 0.05) is 63.0 Å². The number of nitrogens with zero attached hydrogens (tertiary/aromatic N) is 2. The van der Waals surface area contributed by atoms with Crippen molar-refractivity contribution in [2.75, 3.05) is 0 Å². The fraction of sp³-hybridized carbons (Fsp3) is 0.0169. The molecule has 9 aromatic carbocycles. The third-order valence-corrected chi connectivity index (χ3v) is 15.2. The van der Waals surface area contributed by atoms with Gasteiger partial charge in [0.15, 0.2) is 5.82 Å².